The Morgan fingerprint density at radius 1 is 1.03 bits per heavy atom. The predicted molar refractivity (Wildman–Crippen MR) is 146 cm³/mol. The lowest BCUT2D eigenvalue weighted by atomic mass is 9.98. The Morgan fingerprint density at radius 2 is 1.69 bits per heavy atom. The molecule has 0 saturated carbocycles. The summed E-state index contributed by atoms with van der Waals surface area (Å²) in [7, 11) is 0. The molecule has 0 aliphatic rings. The number of hydrogen-bond donors (Lipinski definition) is 2. The van der Waals surface area contributed by atoms with Gasteiger partial charge in [0.25, 0.3) is 0 Å². The molecule has 0 aromatic heterocycles. The van der Waals surface area contributed by atoms with Crippen LogP contribution in [0.5, 0.6) is 0 Å². The Labute approximate surface area is 218 Å². The van der Waals surface area contributed by atoms with Crippen LogP contribution in [0.1, 0.15) is 104 Å². The van der Waals surface area contributed by atoms with Crippen molar-refractivity contribution < 1.29 is 19.1 Å². The molecule has 1 rings (SSSR count). The zero-order valence-corrected chi connectivity index (χ0v) is 23.8. The third-order valence-corrected chi connectivity index (χ3v) is 5.73. The Kier molecular flexibility index (Phi) is 13.6. The standard InChI is InChI=1S/C29H49N3O4/c1-9-11-13-17-30-26(33)25(23-16-14-15-22(5)20-23)32(18-12-10-2)27(34)24(19-21(3)4)31-28(35)36-29(6,7)8/h14-16,20-21,24-25H,9-13,17-19H2,1-8H3,(H,30,33)(H,31,35). The molecule has 0 aliphatic carbocycles. The van der Waals surface area contributed by atoms with Gasteiger partial charge in [0.05, 0.1) is 0 Å². The van der Waals surface area contributed by atoms with E-state index in [0.29, 0.717) is 19.5 Å². The zero-order chi connectivity index (χ0) is 27.3. The van der Waals surface area contributed by atoms with Crippen molar-refractivity contribution in [2.75, 3.05) is 13.1 Å². The first-order chi connectivity index (χ1) is 16.9. The lowest BCUT2D eigenvalue weighted by molar-refractivity contribution is -0.142. The smallest absolute Gasteiger partial charge is 0.408 e. The van der Waals surface area contributed by atoms with Gasteiger partial charge in [0, 0.05) is 13.1 Å². The Bertz CT molecular complexity index is 832. The summed E-state index contributed by atoms with van der Waals surface area (Å²) < 4.78 is 5.45. The lowest BCUT2D eigenvalue weighted by Crippen LogP contribution is -2.53. The summed E-state index contributed by atoms with van der Waals surface area (Å²) in [6.07, 6.45) is 4.42. The van der Waals surface area contributed by atoms with Crippen molar-refractivity contribution in [2.24, 2.45) is 5.92 Å². The number of unbranched alkanes of at least 4 members (excludes halogenated alkanes) is 3. The molecule has 0 bridgehead atoms. The largest absolute Gasteiger partial charge is 0.444 e. The van der Waals surface area contributed by atoms with E-state index in [2.05, 4.69) is 24.5 Å². The molecule has 2 unspecified atom stereocenters. The molecule has 0 aliphatic heterocycles. The van der Waals surface area contributed by atoms with E-state index in [1.807, 2.05) is 45.0 Å². The van der Waals surface area contributed by atoms with E-state index in [0.717, 1.165) is 43.2 Å². The van der Waals surface area contributed by atoms with Crippen LogP contribution in [0.3, 0.4) is 0 Å². The van der Waals surface area contributed by atoms with E-state index in [1.165, 1.54) is 0 Å². The van der Waals surface area contributed by atoms with Crippen LogP contribution in [0.2, 0.25) is 0 Å². The highest BCUT2D eigenvalue weighted by Crippen LogP contribution is 2.25. The second kappa shape index (κ2) is 15.5. The van der Waals surface area contributed by atoms with E-state index >= 15 is 0 Å². The number of rotatable bonds is 14. The summed E-state index contributed by atoms with van der Waals surface area (Å²) in [6, 6.07) is 6.17. The molecular weight excluding hydrogens is 454 g/mol. The van der Waals surface area contributed by atoms with Gasteiger partial charge in [-0.15, -0.1) is 0 Å². The number of carbonyl (C=O) groups is 3. The third-order valence-electron chi connectivity index (χ3n) is 5.73. The summed E-state index contributed by atoms with van der Waals surface area (Å²) >= 11 is 0. The van der Waals surface area contributed by atoms with Gasteiger partial charge in [-0.1, -0.05) is 76.8 Å². The molecule has 2 N–H and O–H groups in total. The fourth-order valence-corrected chi connectivity index (χ4v) is 4.03. The second-order valence-electron chi connectivity index (χ2n) is 11.0. The Morgan fingerprint density at radius 3 is 2.25 bits per heavy atom. The van der Waals surface area contributed by atoms with E-state index in [-0.39, 0.29) is 17.7 Å². The number of carbonyl (C=O) groups excluding carboxylic acids is 3. The molecular formula is C29H49N3O4. The maximum Gasteiger partial charge on any atom is 0.408 e. The molecule has 204 valence electrons. The topological polar surface area (TPSA) is 87.7 Å². The van der Waals surface area contributed by atoms with E-state index in [4.69, 9.17) is 4.74 Å². The summed E-state index contributed by atoms with van der Waals surface area (Å²) in [5, 5.41) is 5.85. The van der Waals surface area contributed by atoms with Crippen molar-refractivity contribution in [1.82, 2.24) is 15.5 Å². The molecule has 7 nitrogen and oxygen atoms in total. The van der Waals surface area contributed by atoms with E-state index in [9.17, 15) is 14.4 Å². The molecule has 0 fully saturated rings. The minimum Gasteiger partial charge on any atom is -0.444 e. The van der Waals surface area contributed by atoms with Gasteiger partial charge in [-0.05, 0) is 58.4 Å². The van der Waals surface area contributed by atoms with Crippen molar-refractivity contribution >= 4 is 17.9 Å². The van der Waals surface area contributed by atoms with Gasteiger partial charge in [0.2, 0.25) is 11.8 Å². The van der Waals surface area contributed by atoms with Gasteiger partial charge >= 0.3 is 6.09 Å². The van der Waals surface area contributed by atoms with Crippen LogP contribution in [-0.2, 0) is 14.3 Å². The quantitative estimate of drug-likeness (QED) is 0.309. The van der Waals surface area contributed by atoms with Crippen molar-refractivity contribution in [3.63, 3.8) is 0 Å². The first kappa shape index (κ1) is 31.5. The van der Waals surface area contributed by atoms with Crippen LogP contribution < -0.4 is 10.6 Å². The van der Waals surface area contributed by atoms with Crippen LogP contribution in [-0.4, -0.2) is 47.5 Å². The molecule has 3 amide bonds. The van der Waals surface area contributed by atoms with Gasteiger partial charge in [0.1, 0.15) is 17.7 Å². The number of ether oxygens (including phenoxy) is 1. The number of aryl methyl sites for hydroxylation is 1. The normalized spacial score (nSPS) is 13.1. The fraction of sp³-hybridized carbons (Fsp3) is 0.690. The average Bonchev–Trinajstić information content (AvgIpc) is 2.77. The predicted octanol–water partition coefficient (Wildman–Crippen LogP) is 5.91. The lowest BCUT2D eigenvalue weighted by Gasteiger charge is -2.35. The van der Waals surface area contributed by atoms with E-state index < -0.39 is 23.8 Å². The summed E-state index contributed by atoms with van der Waals surface area (Å²) in [6.45, 7) is 16.5. The van der Waals surface area contributed by atoms with E-state index in [1.54, 1.807) is 25.7 Å². The summed E-state index contributed by atoms with van der Waals surface area (Å²) in [4.78, 5) is 41.9. The Hall–Kier alpha value is -2.57. The molecule has 0 spiro atoms. The number of hydrogen-bond acceptors (Lipinski definition) is 4. The van der Waals surface area contributed by atoms with Crippen LogP contribution >= 0.6 is 0 Å². The van der Waals surface area contributed by atoms with Crippen molar-refractivity contribution in [2.45, 2.75) is 112 Å². The van der Waals surface area contributed by atoms with Gasteiger partial charge in [-0.2, -0.15) is 0 Å². The molecule has 1 aromatic carbocycles. The highest BCUT2D eigenvalue weighted by Gasteiger charge is 2.36. The van der Waals surface area contributed by atoms with Crippen LogP contribution in [0.4, 0.5) is 4.79 Å². The fourth-order valence-electron chi connectivity index (χ4n) is 4.03. The van der Waals surface area contributed by atoms with Crippen LogP contribution in [0, 0.1) is 12.8 Å². The molecule has 0 saturated heterocycles. The number of nitrogens with one attached hydrogen (secondary N) is 2. The van der Waals surface area contributed by atoms with Crippen molar-refractivity contribution in [3.05, 3.63) is 35.4 Å². The van der Waals surface area contributed by atoms with Gasteiger partial charge < -0.3 is 20.3 Å². The summed E-state index contributed by atoms with van der Waals surface area (Å²) in [5.41, 5.74) is 1.11. The summed E-state index contributed by atoms with van der Waals surface area (Å²) in [5.74, 6) is -0.304. The first-order valence-electron chi connectivity index (χ1n) is 13.5. The third kappa shape index (κ3) is 11.4. The molecule has 2 atom stereocenters. The van der Waals surface area contributed by atoms with Crippen LogP contribution in [0.25, 0.3) is 0 Å². The molecule has 0 radical (unpaired) electrons. The van der Waals surface area contributed by atoms with Gasteiger partial charge in [0.15, 0.2) is 0 Å². The number of nitrogens with zero attached hydrogens (tertiary/aromatic N) is 1. The molecule has 0 heterocycles. The average molecular weight is 504 g/mol. The zero-order valence-electron chi connectivity index (χ0n) is 23.8. The molecule has 7 heteroatoms. The number of alkyl carbamates (subject to hydrolysis) is 1. The maximum absolute atomic E-state index is 14.0. The number of benzene rings is 1. The maximum atomic E-state index is 14.0. The van der Waals surface area contributed by atoms with Gasteiger partial charge in [-0.3, -0.25) is 9.59 Å². The Balaban J connectivity index is 3.38. The minimum absolute atomic E-state index is 0.155. The highest BCUT2D eigenvalue weighted by molar-refractivity contribution is 5.92. The van der Waals surface area contributed by atoms with Crippen LogP contribution in [0.15, 0.2) is 24.3 Å². The SMILES string of the molecule is CCCCCNC(=O)C(c1cccc(C)c1)N(CCCC)C(=O)C(CC(C)C)NC(=O)OC(C)(C)C. The molecule has 36 heavy (non-hydrogen) atoms. The monoisotopic (exact) mass is 503 g/mol. The second-order valence-corrected chi connectivity index (χ2v) is 11.0. The minimum atomic E-state index is -0.795. The van der Waals surface area contributed by atoms with Gasteiger partial charge in [-0.25, -0.2) is 4.79 Å². The first-order valence-corrected chi connectivity index (χ1v) is 13.5. The van der Waals surface area contributed by atoms with Crippen molar-refractivity contribution in [1.29, 1.82) is 0 Å². The van der Waals surface area contributed by atoms with Crippen molar-refractivity contribution in [3.8, 4) is 0 Å². The number of amides is 3. The highest BCUT2D eigenvalue weighted by atomic mass is 16.6. The molecule has 1 aromatic rings.